The predicted molar refractivity (Wildman–Crippen MR) is 131 cm³/mol. The summed E-state index contributed by atoms with van der Waals surface area (Å²) in [5, 5.41) is 4.34. The summed E-state index contributed by atoms with van der Waals surface area (Å²) in [5.74, 6) is 1.73. The van der Waals surface area contributed by atoms with Gasteiger partial charge in [-0.25, -0.2) is 9.97 Å². The lowest BCUT2D eigenvalue weighted by Crippen LogP contribution is -2.46. The number of hydrogen-bond donors (Lipinski definition) is 1. The Labute approximate surface area is 189 Å². The number of nitrogens with one attached hydrogen (secondary N) is 1. The van der Waals surface area contributed by atoms with E-state index in [4.69, 9.17) is 9.97 Å². The van der Waals surface area contributed by atoms with Gasteiger partial charge in [0.1, 0.15) is 11.5 Å². The van der Waals surface area contributed by atoms with Gasteiger partial charge in [0.05, 0.1) is 11.4 Å². The van der Waals surface area contributed by atoms with Crippen molar-refractivity contribution < 1.29 is 0 Å². The average molecular weight is 430 g/mol. The standard InChI is InChI=1S/C25H31N7/c1-5-30-12-14-31(15-13-30)22-10-11-23(27-18(22)4)28-25-26-16-19-6-7-20-8-9-21(17(2)3)32(20)24(19)29-25/h6-11,16-17H,5,12-15H2,1-4H3,(H,26,27,28,29). The highest BCUT2D eigenvalue weighted by molar-refractivity contribution is 5.80. The van der Waals surface area contributed by atoms with E-state index in [0.29, 0.717) is 11.9 Å². The number of rotatable bonds is 5. The normalized spacial score (nSPS) is 15.2. The highest BCUT2D eigenvalue weighted by Gasteiger charge is 2.18. The molecular weight excluding hydrogens is 398 g/mol. The Morgan fingerprint density at radius 3 is 2.47 bits per heavy atom. The average Bonchev–Trinajstić information content (AvgIpc) is 3.24. The zero-order valence-electron chi connectivity index (χ0n) is 19.3. The predicted octanol–water partition coefficient (Wildman–Crippen LogP) is 4.59. The second-order valence-electron chi connectivity index (χ2n) is 8.83. The lowest BCUT2D eigenvalue weighted by molar-refractivity contribution is 0.271. The molecule has 0 aliphatic carbocycles. The van der Waals surface area contributed by atoms with Crippen molar-refractivity contribution in [1.82, 2.24) is 24.3 Å². The Hall–Kier alpha value is -3.19. The van der Waals surface area contributed by atoms with Crippen molar-refractivity contribution in [3.63, 3.8) is 0 Å². The van der Waals surface area contributed by atoms with Crippen LogP contribution in [0.25, 0.3) is 16.6 Å². The molecule has 0 atom stereocenters. The van der Waals surface area contributed by atoms with Crippen LogP contribution in [0.15, 0.2) is 42.6 Å². The molecule has 0 saturated carbocycles. The van der Waals surface area contributed by atoms with E-state index in [1.807, 2.05) is 12.3 Å². The molecule has 5 heterocycles. The van der Waals surface area contributed by atoms with Crippen molar-refractivity contribution in [2.75, 3.05) is 42.9 Å². The molecule has 7 heteroatoms. The lowest BCUT2D eigenvalue weighted by Gasteiger charge is -2.36. The van der Waals surface area contributed by atoms with Crippen molar-refractivity contribution >= 4 is 34.0 Å². The molecule has 1 N–H and O–H groups in total. The van der Waals surface area contributed by atoms with Crippen LogP contribution in [0.2, 0.25) is 0 Å². The molecule has 32 heavy (non-hydrogen) atoms. The summed E-state index contributed by atoms with van der Waals surface area (Å²) in [6.07, 6.45) is 1.88. The van der Waals surface area contributed by atoms with E-state index in [-0.39, 0.29) is 0 Å². The van der Waals surface area contributed by atoms with E-state index < -0.39 is 0 Å². The zero-order chi connectivity index (χ0) is 22.2. The maximum atomic E-state index is 4.86. The number of likely N-dealkylation sites (N-methyl/N-ethyl adjacent to an activating group) is 1. The van der Waals surface area contributed by atoms with E-state index in [2.05, 4.69) is 82.5 Å². The van der Waals surface area contributed by atoms with Crippen LogP contribution in [0.1, 0.15) is 38.1 Å². The third-order valence-corrected chi connectivity index (χ3v) is 6.43. The lowest BCUT2D eigenvalue weighted by atomic mass is 10.1. The first-order chi connectivity index (χ1) is 15.5. The number of nitrogens with zero attached hydrogens (tertiary/aromatic N) is 6. The highest BCUT2D eigenvalue weighted by atomic mass is 15.3. The van der Waals surface area contributed by atoms with Crippen LogP contribution < -0.4 is 10.2 Å². The van der Waals surface area contributed by atoms with Gasteiger partial charge in [-0.05, 0) is 55.8 Å². The second-order valence-corrected chi connectivity index (χ2v) is 8.83. The molecule has 1 saturated heterocycles. The van der Waals surface area contributed by atoms with Gasteiger partial charge in [0.15, 0.2) is 0 Å². The maximum Gasteiger partial charge on any atom is 0.230 e. The molecule has 0 aromatic carbocycles. The summed E-state index contributed by atoms with van der Waals surface area (Å²) in [5.41, 5.74) is 5.54. The molecule has 0 bridgehead atoms. The third kappa shape index (κ3) is 3.77. The first-order valence-electron chi connectivity index (χ1n) is 11.5. The molecule has 1 aliphatic rings. The van der Waals surface area contributed by atoms with Gasteiger partial charge in [-0.2, -0.15) is 4.98 Å². The molecule has 166 valence electrons. The SMILES string of the molecule is CCN1CCN(c2ccc(Nc3ncc4ccc5ccc(C(C)C)n5c4n3)nc2C)CC1. The van der Waals surface area contributed by atoms with Crippen molar-refractivity contribution in [2.45, 2.75) is 33.6 Å². The molecule has 5 rings (SSSR count). The molecule has 0 amide bonds. The number of hydrogen-bond acceptors (Lipinski definition) is 6. The molecule has 4 aromatic heterocycles. The second kappa shape index (κ2) is 8.39. The molecule has 0 unspecified atom stereocenters. The van der Waals surface area contributed by atoms with Gasteiger partial charge >= 0.3 is 0 Å². The van der Waals surface area contributed by atoms with Crippen LogP contribution >= 0.6 is 0 Å². The van der Waals surface area contributed by atoms with Gasteiger partial charge in [-0.15, -0.1) is 0 Å². The van der Waals surface area contributed by atoms with E-state index in [9.17, 15) is 0 Å². The Morgan fingerprint density at radius 2 is 1.75 bits per heavy atom. The van der Waals surface area contributed by atoms with E-state index in [1.165, 1.54) is 11.4 Å². The number of fused-ring (bicyclic) bond motifs is 3. The van der Waals surface area contributed by atoms with Crippen LogP contribution in [0, 0.1) is 6.92 Å². The van der Waals surface area contributed by atoms with Crippen LogP contribution in [0.3, 0.4) is 0 Å². The fourth-order valence-electron chi connectivity index (χ4n) is 4.59. The minimum absolute atomic E-state index is 0.408. The summed E-state index contributed by atoms with van der Waals surface area (Å²) >= 11 is 0. The van der Waals surface area contributed by atoms with Crippen molar-refractivity contribution in [1.29, 1.82) is 0 Å². The quantitative estimate of drug-likeness (QED) is 0.500. The first kappa shape index (κ1) is 20.7. The summed E-state index contributed by atoms with van der Waals surface area (Å²) in [4.78, 5) is 19.1. The number of piperazine rings is 1. The summed E-state index contributed by atoms with van der Waals surface area (Å²) < 4.78 is 2.23. The zero-order valence-corrected chi connectivity index (χ0v) is 19.3. The van der Waals surface area contributed by atoms with E-state index in [1.54, 1.807) is 0 Å². The Balaban J connectivity index is 1.42. The monoisotopic (exact) mass is 429 g/mol. The number of pyridine rings is 2. The van der Waals surface area contributed by atoms with Gasteiger partial charge in [-0.1, -0.05) is 20.8 Å². The van der Waals surface area contributed by atoms with Crippen LogP contribution in [0.5, 0.6) is 0 Å². The minimum Gasteiger partial charge on any atom is -0.368 e. The molecule has 7 nitrogen and oxygen atoms in total. The van der Waals surface area contributed by atoms with Gasteiger partial charge in [0.2, 0.25) is 5.95 Å². The molecular formula is C25H31N7. The van der Waals surface area contributed by atoms with E-state index in [0.717, 1.165) is 60.8 Å². The Kier molecular flexibility index (Phi) is 5.43. The summed E-state index contributed by atoms with van der Waals surface area (Å²) in [6.45, 7) is 14.1. The summed E-state index contributed by atoms with van der Waals surface area (Å²) in [6, 6.07) is 12.7. The molecule has 1 aliphatic heterocycles. The molecule has 0 spiro atoms. The first-order valence-corrected chi connectivity index (χ1v) is 11.5. The van der Waals surface area contributed by atoms with Gasteiger partial charge in [-0.3, -0.25) is 4.40 Å². The highest BCUT2D eigenvalue weighted by Crippen LogP contribution is 2.26. The van der Waals surface area contributed by atoms with Crippen LogP contribution in [-0.4, -0.2) is 57.0 Å². The van der Waals surface area contributed by atoms with Crippen molar-refractivity contribution in [3.05, 3.63) is 54.0 Å². The number of anilines is 3. The Morgan fingerprint density at radius 1 is 0.969 bits per heavy atom. The molecule has 0 radical (unpaired) electrons. The third-order valence-electron chi connectivity index (χ3n) is 6.43. The van der Waals surface area contributed by atoms with Gasteiger partial charge in [0.25, 0.3) is 0 Å². The fourth-order valence-corrected chi connectivity index (χ4v) is 4.59. The maximum absolute atomic E-state index is 4.86. The van der Waals surface area contributed by atoms with Crippen LogP contribution in [0.4, 0.5) is 17.5 Å². The number of aromatic nitrogens is 4. The Bertz CT molecular complexity index is 1250. The molecule has 1 fully saturated rings. The van der Waals surface area contributed by atoms with E-state index >= 15 is 0 Å². The number of aryl methyl sites for hydroxylation is 1. The van der Waals surface area contributed by atoms with Gasteiger partial charge in [0, 0.05) is 49.0 Å². The topological polar surface area (TPSA) is 61.6 Å². The summed E-state index contributed by atoms with van der Waals surface area (Å²) in [7, 11) is 0. The largest absolute Gasteiger partial charge is 0.368 e. The van der Waals surface area contributed by atoms with Crippen molar-refractivity contribution in [3.8, 4) is 0 Å². The minimum atomic E-state index is 0.408. The fraction of sp³-hybridized carbons (Fsp3) is 0.400. The van der Waals surface area contributed by atoms with Crippen LogP contribution in [-0.2, 0) is 0 Å². The molecule has 4 aromatic rings. The smallest absolute Gasteiger partial charge is 0.230 e. The van der Waals surface area contributed by atoms with Gasteiger partial charge < -0.3 is 15.1 Å². The van der Waals surface area contributed by atoms with Crippen molar-refractivity contribution in [2.24, 2.45) is 0 Å².